The summed E-state index contributed by atoms with van der Waals surface area (Å²) in [6, 6.07) is 2.58. The van der Waals surface area contributed by atoms with Crippen molar-refractivity contribution in [2.75, 3.05) is 11.4 Å². The number of rotatable bonds is 6. The second-order valence-electron chi connectivity index (χ2n) is 5.87. The SMILES string of the molecule is CCN(c1nccc(CNC(C)C)c1F)C1CCCC1. The molecule has 20 heavy (non-hydrogen) atoms. The van der Waals surface area contributed by atoms with Crippen LogP contribution in [0, 0.1) is 5.82 Å². The van der Waals surface area contributed by atoms with Crippen molar-refractivity contribution in [3.8, 4) is 0 Å². The molecule has 1 aromatic rings. The average Bonchev–Trinajstić information content (AvgIpc) is 2.94. The van der Waals surface area contributed by atoms with Crippen molar-refractivity contribution in [3.05, 3.63) is 23.6 Å². The summed E-state index contributed by atoms with van der Waals surface area (Å²) in [6.07, 6.45) is 6.54. The summed E-state index contributed by atoms with van der Waals surface area (Å²) in [5.74, 6) is 0.372. The Bertz CT molecular complexity index is 428. The van der Waals surface area contributed by atoms with Gasteiger partial charge in [-0.25, -0.2) is 9.37 Å². The van der Waals surface area contributed by atoms with Crippen molar-refractivity contribution in [1.82, 2.24) is 10.3 Å². The van der Waals surface area contributed by atoms with Gasteiger partial charge in [0.1, 0.15) is 0 Å². The van der Waals surface area contributed by atoms with Crippen molar-refractivity contribution in [2.45, 2.75) is 65.1 Å². The van der Waals surface area contributed by atoms with E-state index >= 15 is 0 Å². The monoisotopic (exact) mass is 279 g/mol. The molecule has 0 saturated heterocycles. The topological polar surface area (TPSA) is 28.2 Å². The molecular weight excluding hydrogens is 253 g/mol. The molecule has 2 rings (SSSR count). The van der Waals surface area contributed by atoms with Gasteiger partial charge < -0.3 is 10.2 Å². The molecule has 1 N–H and O–H groups in total. The van der Waals surface area contributed by atoms with Crippen LogP contribution in [0.3, 0.4) is 0 Å². The molecule has 0 amide bonds. The largest absolute Gasteiger partial charge is 0.351 e. The first-order chi connectivity index (χ1) is 9.63. The van der Waals surface area contributed by atoms with Crippen LogP contribution in [0.25, 0.3) is 0 Å². The third-order valence-electron chi connectivity index (χ3n) is 4.03. The lowest BCUT2D eigenvalue weighted by Gasteiger charge is -2.29. The molecule has 0 bridgehead atoms. The number of hydrogen-bond acceptors (Lipinski definition) is 3. The number of hydrogen-bond donors (Lipinski definition) is 1. The first-order valence-electron chi connectivity index (χ1n) is 7.76. The molecule has 3 nitrogen and oxygen atoms in total. The van der Waals surface area contributed by atoms with Gasteiger partial charge in [0, 0.05) is 36.9 Å². The second-order valence-corrected chi connectivity index (χ2v) is 5.87. The highest BCUT2D eigenvalue weighted by Gasteiger charge is 2.25. The Kier molecular flexibility index (Phi) is 5.35. The number of nitrogens with zero attached hydrogens (tertiary/aromatic N) is 2. The van der Waals surface area contributed by atoms with Crippen LogP contribution in [0.15, 0.2) is 12.3 Å². The maximum atomic E-state index is 14.7. The molecule has 0 spiro atoms. The van der Waals surface area contributed by atoms with E-state index in [-0.39, 0.29) is 5.82 Å². The Hall–Kier alpha value is -1.16. The van der Waals surface area contributed by atoms with Crippen molar-refractivity contribution < 1.29 is 4.39 Å². The minimum atomic E-state index is -0.158. The minimum Gasteiger partial charge on any atom is -0.351 e. The van der Waals surface area contributed by atoms with Gasteiger partial charge in [0.15, 0.2) is 11.6 Å². The van der Waals surface area contributed by atoms with Gasteiger partial charge >= 0.3 is 0 Å². The first kappa shape index (κ1) is 15.2. The lowest BCUT2D eigenvalue weighted by atomic mass is 10.1. The molecule has 0 radical (unpaired) electrons. The van der Waals surface area contributed by atoms with Crippen molar-refractivity contribution >= 4 is 5.82 Å². The van der Waals surface area contributed by atoms with Crippen LogP contribution in [-0.4, -0.2) is 23.6 Å². The lowest BCUT2D eigenvalue weighted by molar-refractivity contribution is 0.535. The minimum absolute atomic E-state index is 0.158. The van der Waals surface area contributed by atoms with Crippen LogP contribution in [0.4, 0.5) is 10.2 Å². The highest BCUT2D eigenvalue weighted by Crippen LogP contribution is 2.29. The van der Waals surface area contributed by atoms with E-state index in [4.69, 9.17) is 0 Å². The number of anilines is 1. The Morgan fingerprint density at radius 2 is 2.10 bits per heavy atom. The van der Waals surface area contributed by atoms with Crippen molar-refractivity contribution in [1.29, 1.82) is 0 Å². The summed E-state index contributed by atoms with van der Waals surface area (Å²) in [7, 11) is 0. The van der Waals surface area contributed by atoms with E-state index in [1.807, 2.05) is 0 Å². The summed E-state index contributed by atoms with van der Waals surface area (Å²) >= 11 is 0. The molecule has 0 atom stereocenters. The van der Waals surface area contributed by atoms with E-state index in [2.05, 4.69) is 36.0 Å². The van der Waals surface area contributed by atoms with Gasteiger partial charge in [0.05, 0.1) is 0 Å². The number of aromatic nitrogens is 1. The summed E-state index contributed by atoms with van der Waals surface area (Å²) in [5.41, 5.74) is 0.708. The van der Waals surface area contributed by atoms with E-state index in [1.165, 1.54) is 12.8 Å². The number of halogens is 1. The van der Waals surface area contributed by atoms with Crippen LogP contribution in [0.2, 0.25) is 0 Å². The van der Waals surface area contributed by atoms with Gasteiger partial charge in [0.2, 0.25) is 0 Å². The van der Waals surface area contributed by atoms with Crippen molar-refractivity contribution in [2.24, 2.45) is 0 Å². The highest BCUT2D eigenvalue weighted by molar-refractivity contribution is 5.44. The van der Waals surface area contributed by atoms with Crippen molar-refractivity contribution in [3.63, 3.8) is 0 Å². The molecule has 4 heteroatoms. The number of pyridine rings is 1. The third kappa shape index (κ3) is 3.48. The highest BCUT2D eigenvalue weighted by atomic mass is 19.1. The lowest BCUT2D eigenvalue weighted by Crippen LogP contribution is -2.35. The summed E-state index contributed by atoms with van der Waals surface area (Å²) in [6.45, 7) is 7.59. The molecule has 0 aliphatic heterocycles. The molecule has 1 aliphatic rings. The Morgan fingerprint density at radius 1 is 1.40 bits per heavy atom. The van der Waals surface area contributed by atoms with Gasteiger partial charge in [-0.15, -0.1) is 0 Å². The van der Waals surface area contributed by atoms with Gasteiger partial charge in [-0.2, -0.15) is 0 Å². The Morgan fingerprint density at radius 3 is 2.70 bits per heavy atom. The fraction of sp³-hybridized carbons (Fsp3) is 0.688. The first-order valence-corrected chi connectivity index (χ1v) is 7.76. The molecule has 1 saturated carbocycles. The van der Waals surface area contributed by atoms with E-state index in [0.29, 0.717) is 30.0 Å². The molecule has 0 unspecified atom stereocenters. The van der Waals surface area contributed by atoms with Gasteiger partial charge in [-0.3, -0.25) is 0 Å². The Labute approximate surface area is 121 Å². The molecular formula is C16H26FN3. The molecule has 1 fully saturated rings. The zero-order chi connectivity index (χ0) is 14.5. The van der Waals surface area contributed by atoms with Gasteiger partial charge in [-0.05, 0) is 25.8 Å². The molecule has 112 valence electrons. The van der Waals surface area contributed by atoms with E-state index in [0.717, 1.165) is 19.4 Å². The molecule has 1 heterocycles. The third-order valence-corrected chi connectivity index (χ3v) is 4.03. The van der Waals surface area contributed by atoms with Crippen LogP contribution in [-0.2, 0) is 6.54 Å². The fourth-order valence-electron chi connectivity index (χ4n) is 2.92. The van der Waals surface area contributed by atoms with E-state index in [9.17, 15) is 4.39 Å². The fourth-order valence-corrected chi connectivity index (χ4v) is 2.92. The van der Waals surface area contributed by atoms with Gasteiger partial charge in [-0.1, -0.05) is 26.7 Å². The van der Waals surface area contributed by atoms with E-state index < -0.39 is 0 Å². The van der Waals surface area contributed by atoms with Crippen LogP contribution in [0.1, 0.15) is 52.0 Å². The standard InChI is InChI=1S/C16H26FN3/c1-4-20(14-7-5-6-8-14)16-15(17)13(9-10-18-16)11-19-12(2)3/h9-10,12,14,19H,4-8,11H2,1-3H3. The predicted octanol–water partition coefficient (Wildman–Crippen LogP) is 3.49. The summed E-state index contributed by atoms with van der Waals surface area (Å²) in [4.78, 5) is 6.45. The average molecular weight is 279 g/mol. The zero-order valence-electron chi connectivity index (χ0n) is 12.8. The molecule has 1 aliphatic carbocycles. The number of nitrogens with one attached hydrogen (secondary N) is 1. The summed E-state index contributed by atoms with van der Waals surface area (Å²) in [5, 5.41) is 3.27. The zero-order valence-corrected chi connectivity index (χ0v) is 12.8. The smallest absolute Gasteiger partial charge is 0.170 e. The molecule has 0 aromatic carbocycles. The van der Waals surface area contributed by atoms with Crippen LogP contribution in [0.5, 0.6) is 0 Å². The van der Waals surface area contributed by atoms with Crippen LogP contribution >= 0.6 is 0 Å². The normalized spacial score (nSPS) is 16.1. The quantitative estimate of drug-likeness (QED) is 0.864. The van der Waals surface area contributed by atoms with E-state index in [1.54, 1.807) is 12.3 Å². The van der Waals surface area contributed by atoms with Crippen LogP contribution < -0.4 is 10.2 Å². The van der Waals surface area contributed by atoms with Gasteiger partial charge in [0.25, 0.3) is 0 Å². The molecule has 1 aromatic heterocycles. The predicted molar refractivity (Wildman–Crippen MR) is 81.4 cm³/mol. The summed E-state index contributed by atoms with van der Waals surface area (Å²) < 4.78 is 14.7. The maximum absolute atomic E-state index is 14.7. The second kappa shape index (κ2) is 7.02. The maximum Gasteiger partial charge on any atom is 0.170 e. The Balaban J connectivity index is 2.19.